The van der Waals surface area contributed by atoms with Crippen LogP contribution >= 0.6 is 11.6 Å². The van der Waals surface area contributed by atoms with Gasteiger partial charge in [-0.1, -0.05) is 11.6 Å². The summed E-state index contributed by atoms with van der Waals surface area (Å²) < 4.78 is 5.03. The zero-order valence-electron chi connectivity index (χ0n) is 9.88. The number of amides is 1. The molecule has 2 rings (SSSR count). The van der Waals surface area contributed by atoms with Crippen molar-refractivity contribution in [3.63, 3.8) is 0 Å². The van der Waals surface area contributed by atoms with Gasteiger partial charge in [0.25, 0.3) is 5.91 Å². The van der Waals surface area contributed by atoms with Crippen LogP contribution in [0.2, 0.25) is 5.02 Å². The minimum absolute atomic E-state index is 0.0542. The molecular formula is C12H12ClNO5. The maximum absolute atomic E-state index is 12.2. The number of aliphatic carboxylic acids is 1. The van der Waals surface area contributed by atoms with Gasteiger partial charge >= 0.3 is 5.97 Å². The topological polar surface area (TPSA) is 87.1 Å². The maximum atomic E-state index is 12.2. The first-order chi connectivity index (χ1) is 8.99. The van der Waals surface area contributed by atoms with E-state index in [0.717, 1.165) is 0 Å². The average Bonchev–Trinajstić information content (AvgIpc) is 2.41. The van der Waals surface area contributed by atoms with Crippen LogP contribution in [0.4, 0.5) is 0 Å². The fourth-order valence-corrected chi connectivity index (χ4v) is 2.01. The summed E-state index contributed by atoms with van der Waals surface area (Å²) in [5.74, 6) is -1.77. The molecule has 1 aromatic carbocycles. The Morgan fingerprint density at radius 3 is 2.84 bits per heavy atom. The summed E-state index contributed by atoms with van der Waals surface area (Å²) in [4.78, 5) is 24.4. The lowest BCUT2D eigenvalue weighted by Gasteiger charge is -2.31. The van der Waals surface area contributed by atoms with E-state index in [1.54, 1.807) is 0 Å². The molecule has 1 saturated heterocycles. The molecule has 1 aliphatic rings. The fraction of sp³-hybridized carbons (Fsp3) is 0.333. The molecule has 2 N–H and O–H groups in total. The van der Waals surface area contributed by atoms with Gasteiger partial charge < -0.3 is 19.8 Å². The summed E-state index contributed by atoms with van der Waals surface area (Å²) in [6.07, 6.45) is -1.04. The molecule has 0 radical (unpaired) electrons. The van der Waals surface area contributed by atoms with Gasteiger partial charge in [0.2, 0.25) is 0 Å². The van der Waals surface area contributed by atoms with Crippen molar-refractivity contribution in [2.75, 3.05) is 19.7 Å². The molecule has 0 aromatic heterocycles. The molecule has 1 atom stereocenters. The van der Waals surface area contributed by atoms with E-state index >= 15 is 0 Å². The van der Waals surface area contributed by atoms with Gasteiger partial charge in [0.15, 0.2) is 6.10 Å². The number of ether oxygens (including phenoxy) is 1. The number of benzene rings is 1. The monoisotopic (exact) mass is 285 g/mol. The number of rotatable bonds is 2. The lowest BCUT2D eigenvalue weighted by molar-refractivity contribution is -0.154. The number of aromatic hydroxyl groups is 1. The van der Waals surface area contributed by atoms with Gasteiger partial charge in [-0.3, -0.25) is 4.79 Å². The summed E-state index contributed by atoms with van der Waals surface area (Å²) in [6.45, 7) is 0.360. The standard InChI is InChI=1S/C12H12ClNO5/c13-7-1-2-9(15)8(5-7)11(16)14-3-4-19-10(6-14)12(17)18/h1-2,5,10,15H,3-4,6H2,(H,17,18). The highest BCUT2D eigenvalue weighted by molar-refractivity contribution is 6.31. The van der Waals surface area contributed by atoms with Gasteiger partial charge in [0.1, 0.15) is 5.75 Å². The zero-order chi connectivity index (χ0) is 14.0. The Bertz CT molecular complexity index is 519. The predicted molar refractivity (Wildman–Crippen MR) is 66.4 cm³/mol. The van der Waals surface area contributed by atoms with E-state index in [-0.39, 0.29) is 31.0 Å². The lowest BCUT2D eigenvalue weighted by Crippen LogP contribution is -2.48. The van der Waals surface area contributed by atoms with Gasteiger partial charge in [-0.2, -0.15) is 0 Å². The number of hydrogen-bond acceptors (Lipinski definition) is 4. The smallest absolute Gasteiger partial charge is 0.334 e. The SMILES string of the molecule is O=C(O)C1CN(C(=O)c2cc(Cl)ccc2O)CCO1. The largest absolute Gasteiger partial charge is 0.507 e. The molecule has 1 aliphatic heterocycles. The van der Waals surface area contributed by atoms with Crippen LogP contribution in [-0.4, -0.2) is 52.8 Å². The summed E-state index contributed by atoms with van der Waals surface area (Å²) in [5, 5.41) is 18.9. The summed E-state index contributed by atoms with van der Waals surface area (Å²) >= 11 is 5.78. The third kappa shape index (κ3) is 2.97. The molecule has 1 aromatic rings. The zero-order valence-corrected chi connectivity index (χ0v) is 10.6. The van der Waals surface area contributed by atoms with E-state index in [2.05, 4.69) is 0 Å². The van der Waals surface area contributed by atoms with Crippen LogP contribution in [0.25, 0.3) is 0 Å². The van der Waals surface area contributed by atoms with Crippen LogP contribution in [-0.2, 0) is 9.53 Å². The van der Waals surface area contributed by atoms with Crippen molar-refractivity contribution in [2.45, 2.75) is 6.10 Å². The number of morpholine rings is 1. The van der Waals surface area contributed by atoms with Crippen LogP contribution in [0, 0.1) is 0 Å². The Balaban J connectivity index is 2.19. The number of nitrogens with zero attached hydrogens (tertiary/aromatic N) is 1. The number of carboxylic acids is 1. The molecule has 1 fully saturated rings. The first-order valence-corrected chi connectivity index (χ1v) is 5.99. The van der Waals surface area contributed by atoms with Crippen molar-refractivity contribution in [1.29, 1.82) is 0 Å². The third-order valence-corrected chi connectivity index (χ3v) is 3.05. The van der Waals surface area contributed by atoms with E-state index in [1.165, 1.54) is 23.1 Å². The third-order valence-electron chi connectivity index (χ3n) is 2.82. The van der Waals surface area contributed by atoms with Crippen LogP contribution in [0.5, 0.6) is 5.75 Å². The second kappa shape index (κ2) is 5.46. The van der Waals surface area contributed by atoms with E-state index in [4.69, 9.17) is 21.4 Å². The van der Waals surface area contributed by atoms with E-state index in [1.807, 2.05) is 0 Å². The Morgan fingerprint density at radius 2 is 2.16 bits per heavy atom. The van der Waals surface area contributed by atoms with Gasteiger partial charge in [0, 0.05) is 11.6 Å². The molecule has 0 aliphatic carbocycles. The number of halogens is 1. The van der Waals surface area contributed by atoms with Crippen molar-refractivity contribution in [2.24, 2.45) is 0 Å². The van der Waals surface area contributed by atoms with Gasteiger partial charge in [-0.15, -0.1) is 0 Å². The number of phenols is 1. The second-order valence-electron chi connectivity index (χ2n) is 4.11. The van der Waals surface area contributed by atoms with Crippen LogP contribution < -0.4 is 0 Å². The average molecular weight is 286 g/mol. The highest BCUT2D eigenvalue weighted by atomic mass is 35.5. The Hall–Kier alpha value is -1.79. The molecule has 1 amide bonds. The quantitative estimate of drug-likeness (QED) is 0.845. The first-order valence-electron chi connectivity index (χ1n) is 5.61. The van der Waals surface area contributed by atoms with Crippen LogP contribution in [0.15, 0.2) is 18.2 Å². The van der Waals surface area contributed by atoms with E-state index < -0.39 is 18.0 Å². The van der Waals surface area contributed by atoms with Crippen LogP contribution in [0.1, 0.15) is 10.4 Å². The minimum Gasteiger partial charge on any atom is -0.507 e. The maximum Gasteiger partial charge on any atom is 0.334 e. The van der Waals surface area contributed by atoms with Crippen molar-refractivity contribution in [1.82, 2.24) is 4.90 Å². The number of phenolic OH excluding ortho intramolecular Hbond substituents is 1. The number of carboxylic acid groups (broad SMARTS) is 1. The van der Waals surface area contributed by atoms with Gasteiger partial charge in [0.05, 0.1) is 18.7 Å². The highest BCUT2D eigenvalue weighted by Gasteiger charge is 2.30. The summed E-state index contributed by atoms with van der Waals surface area (Å²) in [7, 11) is 0. The Labute approximate surface area is 114 Å². The molecule has 102 valence electrons. The molecular weight excluding hydrogens is 274 g/mol. The van der Waals surface area contributed by atoms with Crippen LogP contribution in [0.3, 0.4) is 0 Å². The normalized spacial score (nSPS) is 19.2. The van der Waals surface area contributed by atoms with Crippen molar-refractivity contribution < 1.29 is 24.5 Å². The molecule has 7 heteroatoms. The highest BCUT2D eigenvalue weighted by Crippen LogP contribution is 2.23. The molecule has 6 nitrogen and oxygen atoms in total. The number of carbonyl (C=O) groups is 2. The van der Waals surface area contributed by atoms with Crippen molar-refractivity contribution in [3.05, 3.63) is 28.8 Å². The molecule has 1 heterocycles. The molecule has 0 bridgehead atoms. The Morgan fingerprint density at radius 1 is 1.42 bits per heavy atom. The molecule has 0 saturated carbocycles. The first kappa shape index (κ1) is 13.6. The number of hydrogen-bond donors (Lipinski definition) is 2. The summed E-state index contributed by atoms with van der Waals surface area (Å²) in [5.41, 5.74) is 0.0542. The van der Waals surface area contributed by atoms with Gasteiger partial charge in [-0.05, 0) is 18.2 Å². The number of carbonyl (C=O) groups excluding carboxylic acids is 1. The van der Waals surface area contributed by atoms with Crippen molar-refractivity contribution >= 4 is 23.5 Å². The second-order valence-corrected chi connectivity index (χ2v) is 4.55. The fourth-order valence-electron chi connectivity index (χ4n) is 1.83. The van der Waals surface area contributed by atoms with E-state index in [0.29, 0.717) is 5.02 Å². The minimum atomic E-state index is -1.12. The molecule has 19 heavy (non-hydrogen) atoms. The van der Waals surface area contributed by atoms with Gasteiger partial charge in [-0.25, -0.2) is 4.79 Å². The Kier molecular flexibility index (Phi) is 3.92. The molecule has 0 spiro atoms. The summed E-state index contributed by atoms with van der Waals surface area (Å²) in [6, 6.07) is 4.14. The molecule has 1 unspecified atom stereocenters. The lowest BCUT2D eigenvalue weighted by atomic mass is 10.1. The van der Waals surface area contributed by atoms with Crippen molar-refractivity contribution in [3.8, 4) is 5.75 Å². The van der Waals surface area contributed by atoms with E-state index in [9.17, 15) is 14.7 Å². The predicted octanol–water partition coefficient (Wildman–Crippen LogP) is 0.971.